The topological polar surface area (TPSA) is 216 Å². The van der Waals surface area contributed by atoms with Crippen molar-refractivity contribution in [1.82, 2.24) is 29.5 Å². The zero-order valence-electron chi connectivity index (χ0n) is 42.8. The number of aromatic amines is 1. The van der Waals surface area contributed by atoms with Gasteiger partial charge in [-0.05, 0) is 78.0 Å². The minimum atomic E-state index is -4.88. The van der Waals surface area contributed by atoms with Crippen molar-refractivity contribution in [2.24, 2.45) is 5.41 Å². The number of H-pyrrole nitrogens is 1. The summed E-state index contributed by atoms with van der Waals surface area (Å²) < 4.78 is 74.2. The number of rotatable bonds is 16. The number of carbonyl (C=O) groups excluding carboxylic acids is 1. The van der Waals surface area contributed by atoms with Crippen molar-refractivity contribution in [3.63, 3.8) is 0 Å². The summed E-state index contributed by atoms with van der Waals surface area (Å²) in [4.78, 5) is 44.8. The maximum atomic E-state index is 15.6. The van der Waals surface area contributed by atoms with E-state index in [1.54, 1.807) is 31.5 Å². The molecule has 4 fully saturated rings. The van der Waals surface area contributed by atoms with E-state index >= 15 is 4.39 Å². The van der Waals surface area contributed by atoms with Gasteiger partial charge in [0.25, 0.3) is 21.6 Å². The van der Waals surface area contributed by atoms with E-state index in [9.17, 15) is 23.3 Å². The molecule has 1 atom stereocenters. The summed E-state index contributed by atoms with van der Waals surface area (Å²) in [5.74, 6) is -0.312. The Labute approximate surface area is 440 Å². The lowest BCUT2D eigenvalue weighted by Gasteiger charge is -2.58. The fourth-order valence-electron chi connectivity index (χ4n) is 11.8. The van der Waals surface area contributed by atoms with Crippen LogP contribution in [0.2, 0.25) is 0 Å². The molecule has 0 bridgehead atoms. The van der Waals surface area contributed by atoms with Gasteiger partial charge in [0.1, 0.15) is 27.7 Å². The van der Waals surface area contributed by atoms with Crippen molar-refractivity contribution in [1.29, 1.82) is 0 Å². The molecule has 3 aromatic carbocycles. The molecular weight excluding hydrogens is 998 g/mol. The Morgan fingerprint density at radius 3 is 2.50 bits per heavy atom. The van der Waals surface area contributed by atoms with E-state index in [0.29, 0.717) is 29.2 Å². The van der Waals surface area contributed by atoms with Gasteiger partial charge < -0.3 is 38.9 Å². The number of hydrogen-bond acceptors (Lipinski definition) is 16. The predicted octanol–water partition coefficient (Wildman–Crippen LogP) is 8.88. The van der Waals surface area contributed by atoms with Gasteiger partial charge in [-0.15, -0.1) is 0 Å². The van der Waals surface area contributed by atoms with Crippen molar-refractivity contribution in [2.45, 2.75) is 87.5 Å². The summed E-state index contributed by atoms with van der Waals surface area (Å²) >= 11 is 0. The van der Waals surface area contributed by atoms with Crippen LogP contribution in [0.15, 0.2) is 96.3 Å². The summed E-state index contributed by atoms with van der Waals surface area (Å²) in [7, 11) is -3.25. The third-order valence-electron chi connectivity index (χ3n) is 16.0. The number of carbonyl (C=O) groups is 1. The highest BCUT2D eigenvalue weighted by molar-refractivity contribution is 7.90. The van der Waals surface area contributed by atoms with E-state index in [1.165, 1.54) is 23.4 Å². The van der Waals surface area contributed by atoms with Crippen LogP contribution in [0.4, 0.5) is 21.5 Å². The maximum absolute atomic E-state index is 15.6. The van der Waals surface area contributed by atoms with Gasteiger partial charge in [-0.3, -0.25) is 24.7 Å². The molecule has 6 aromatic rings. The molecule has 3 saturated heterocycles. The molecule has 1 amide bonds. The van der Waals surface area contributed by atoms with E-state index in [0.717, 1.165) is 87.7 Å². The lowest BCUT2D eigenvalue weighted by atomic mass is 9.59. The SMILES string of the molecule is COc1ccc(CN2CCN(C3CC4(CCN(c5ccc(C(=O)NS(=O)(=O)c6cc([N+](=O)[O-])c(NCC7(F)CCOCC7)c7c6OCO7)c(Oc6cnc7[nH]ccc7c6)c5)CC4)C3)C(c3ccccc3C(C)C)C2)cn1. The van der Waals surface area contributed by atoms with E-state index in [1.807, 2.05) is 18.3 Å². The average Bonchev–Trinajstić information content (AvgIpc) is 4.11. The minimum absolute atomic E-state index is 0.0654. The maximum Gasteiger partial charge on any atom is 0.297 e. The lowest BCUT2D eigenvalue weighted by Crippen LogP contribution is -2.60. The fourth-order valence-corrected chi connectivity index (χ4v) is 12.9. The number of nitro groups is 1. The molecule has 4 aliphatic heterocycles. The smallest absolute Gasteiger partial charge is 0.297 e. The number of alkyl halides is 1. The molecule has 400 valence electrons. The highest BCUT2D eigenvalue weighted by Crippen LogP contribution is 2.54. The number of methoxy groups -OCH3 is 1. The van der Waals surface area contributed by atoms with Crippen LogP contribution in [-0.4, -0.2) is 122 Å². The summed E-state index contributed by atoms with van der Waals surface area (Å²) in [6, 6.07) is 23.0. The summed E-state index contributed by atoms with van der Waals surface area (Å²) in [5.41, 5.74) is 2.79. The van der Waals surface area contributed by atoms with Crippen LogP contribution in [0, 0.1) is 15.5 Å². The van der Waals surface area contributed by atoms with Crippen molar-refractivity contribution in [3.05, 3.63) is 124 Å². The van der Waals surface area contributed by atoms with Crippen LogP contribution in [0.25, 0.3) is 11.0 Å². The molecule has 21 heteroatoms. The van der Waals surface area contributed by atoms with Crippen molar-refractivity contribution < 1.29 is 46.2 Å². The normalized spacial score (nSPS) is 19.6. The highest BCUT2D eigenvalue weighted by atomic mass is 32.2. The third-order valence-corrected chi connectivity index (χ3v) is 17.3. The van der Waals surface area contributed by atoms with Gasteiger partial charge in [0.05, 0.1) is 23.8 Å². The standard InChI is InChI=1S/C55H62FN9O10S/c1-35(2)41-6-4-5-7-42(41)45-32-62(31-36-8-11-48(71-3)58-29-36)20-21-64(45)39-27-54(28-39)13-18-63(19-14-54)38-9-10-43(46(25-38)75-40-24-37-12-17-57-52(37)59-30-40)53(66)61-76(69,70)47-26-44(65(67)68)49(51-50(47)73-34-74-51)60-33-55(56)15-22-72-23-16-55/h4-12,17,24-26,29-30,35,39,45,60H,13-16,18-23,27-28,31-34H2,1-3H3,(H,57,59)(H,61,66). The van der Waals surface area contributed by atoms with Crippen LogP contribution in [-0.2, 0) is 21.3 Å². The van der Waals surface area contributed by atoms with Gasteiger partial charge >= 0.3 is 0 Å². The molecule has 1 aliphatic carbocycles. The molecule has 3 N–H and O–H groups in total. The molecule has 76 heavy (non-hydrogen) atoms. The number of nitrogens with zero attached hydrogens (tertiary/aromatic N) is 6. The Kier molecular flexibility index (Phi) is 14.0. The summed E-state index contributed by atoms with van der Waals surface area (Å²) in [5, 5.41) is 16.0. The number of fused-ring (bicyclic) bond motifs is 2. The van der Waals surface area contributed by atoms with E-state index < -0.39 is 43.9 Å². The number of halogens is 1. The number of aromatic nitrogens is 3. The van der Waals surface area contributed by atoms with E-state index in [4.69, 9.17) is 23.7 Å². The molecular formula is C55H62FN9O10S. The number of amides is 1. The summed E-state index contributed by atoms with van der Waals surface area (Å²) in [6.45, 7) is 9.33. The fraction of sp³-hybridized carbons (Fsp3) is 0.436. The first-order chi connectivity index (χ1) is 36.7. The second-order valence-electron chi connectivity index (χ2n) is 21.0. The van der Waals surface area contributed by atoms with Gasteiger partial charge in [0, 0.05) is 126 Å². The molecule has 1 unspecified atom stereocenters. The van der Waals surface area contributed by atoms with Crippen LogP contribution in [0.3, 0.4) is 0 Å². The Bertz CT molecular complexity index is 3250. The number of piperazine rings is 1. The molecule has 5 aliphatic rings. The molecule has 11 rings (SSSR count). The first kappa shape index (κ1) is 51.1. The monoisotopic (exact) mass is 1060 g/mol. The molecule has 1 spiro atoms. The molecule has 7 heterocycles. The molecule has 3 aromatic heterocycles. The van der Waals surface area contributed by atoms with E-state index in [2.05, 4.69) is 83.9 Å². The number of nitro benzene ring substituents is 1. The Hall–Kier alpha value is -7.07. The van der Waals surface area contributed by atoms with Crippen molar-refractivity contribution in [3.8, 4) is 28.9 Å². The quantitative estimate of drug-likeness (QED) is 0.0609. The minimum Gasteiger partial charge on any atom is -0.481 e. The number of piperidine rings is 1. The number of sulfonamides is 1. The van der Waals surface area contributed by atoms with Crippen LogP contribution in [0.1, 0.15) is 91.4 Å². The Balaban J connectivity index is 0.807. The number of nitrogens with one attached hydrogen (secondary N) is 3. The number of benzene rings is 3. The summed E-state index contributed by atoms with van der Waals surface area (Å²) in [6.07, 6.45) is 9.47. The molecule has 1 saturated carbocycles. The van der Waals surface area contributed by atoms with Crippen molar-refractivity contribution >= 4 is 44.0 Å². The van der Waals surface area contributed by atoms with Crippen molar-refractivity contribution in [2.75, 3.05) is 76.6 Å². The Morgan fingerprint density at radius 1 is 0.961 bits per heavy atom. The number of hydrogen-bond donors (Lipinski definition) is 3. The largest absolute Gasteiger partial charge is 0.481 e. The number of anilines is 2. The van der Waals surface area contributed by atoms with Crippen LogP contribution >= 0.6 is 0 Å². The lowest BCUT2D eigenvalue weighted by molar-refractivity contribution is -0.384. The first-order valence-electron chi connectivity index (χ1n) is 25.9. The second-order valence-corrected chi connectivity index (χ2v) is 22.7. The van der Waals surface area contributed by atoms with Crippen LogP contribution < -0.4 is 33.9 Å². The zero-order valence-corrected chi connectivity index (χ0v) is 43.6. The Morgan fingerprint density at radius 2 is 1.75 bits per heavy atom. The van der Waals surface area contributed by atoms with Crippen LogP contribution in [0.5, 0.6) is 28.9 Å². The van der Waals surface area contributed by atoms with Gasteiger partial charge in [-0.1, -0.05) is 44.2 Å². The highest BCUT2D eigenvalue weighted by Gasteiger charge is 2.50. The van der Waals surface area contributed by atoms with E-state index in [-0.39, 0.29) is 72.6 Å². The van der Waals surface area contributed by atoms with Gasteiger partial charge in [0.15, 0.2) is 17.2 Å². The third kappa shape index (κ3) is 10.3. The van der Waals surface area contributed by atoms with Gasteiger partial charge in [0.2, 0.25) is 12.7 Å². The molecule has 0 radical (unpaired) electrons. The first-order valence-corrected chi connectivity index (χ1v) is 27.4. The predicted molar refractivity (Wildman–Crippen MR) is 282 cm³/mol. The molecule has 19 nitrogen and oxygen atoms in total. The number of pyridine rings is 2. The van der Waals surface area contributed by atoms with Gasteiger partial charge in [-0.25, -0.2) is 27.5 Å². The zero-order chi connectivity index (χ0) is 52.8. The second kappa shape index (κ2) is 20.8. The van der Waals surface area contributed by atoms with Gasteiger partial charge in [-0.2, -0.15) is 0 Å². The average molecular weight is 1060 g/mol. The number of ether oxygens (including phenoxy) is 5.